The maximum atomic E-state index is 14.3. The predicted octanol–water partition coefficient (Wildman–Crippen LogP) is 4.93. The van der Waals surface area contributed by atoms with E-state index < -0.39 is 17.7 Å². The summed E-state index contributed by atoms with van der Waals surface area (Å²) in [6.45, 7) is 3.92. The summed E-state index contributed by atoms with van der Waals surface area (Å²) in [5.74, 6) is -3.99. The molecule has 0 aliphatic heterocycles. The van der Waals surface area contributed by atoms with E-state index in [4.69, 9.17) is 0 Å². The van der Waals surface area contributed by atoms with E-state index in [1.165, 1.54) is 10.7 Å². The minimum absolute atomic E-state index is 0.169. The fourth-order valence-electron chi connectivity index (χ4n) is 3.23. The van der Waals surface area contributed by atoms with Gasteiger partial charge >= 0.3 is 11.9 Å². The second kappa shape index (κ2) is 9.11. The number of halogens is 2. The second-order valence-corrected chi connectivity index (χ2v) is 7.12. The Kier molecular flexibility index (Phi) is 6.54. The Bertz CT molecular complexity index is 1020. The third-order valence-electron chi connectivity index (χ3n) is 4.70. The first kappa shape index (κ1) is 21.5. The van der Waals surface area contributed by atoms with Crippen molar-refractivity contribution in [2.24, 2.45) is 0 Å². The topological polar surface area (TPSA) is 80.9 Å². The van der Waals surface area contributed by atoms with E-state index in [1.54, 1.807) is 43.5 Å². The molecule has 0 atom stereocenters. The number of pyridine rings is 1. The first-order valence-corrected chi connectivity index (χ1v) is 9.95. The number of aryl methyl sites for hydroxylation is 1. The quantitative estimate of drug-likeness (QED) is 0.537. The van der Waals surface area contributed by atoms with Crippen molar-refractivity contribution < 1.29 is 18.7 Å². The normalized spacial score (nSPS) is 11.6. The van der Waals surface area contributed by atoms with Crippen molar-refractivity contribution in [2.45, 2.75) is 52.0 Å². The van der Waals surface area contributed by atoms with E-state index in [9.17, 15) is 18.7 Å². The van der Waals surface area contributed by atoms with Gasteiger partial charge in [0.1, 0.15) is 5.82 Å². The van der Waals surface area contributed by atoms with Gasteiger partial charge in [0.2, 0.25) is 5.82 Å². The summed E-state index contributed by atoms with van der Waals surface area (Å²) in [7, 11) is 0. The van der Waals surface area contributed by atoms with Crippen molar-refractivity contribution in [2.75, 3.05) is 0 Å². The molecule has 3 aromatic rings. The number of nitrogens with zero attached hydrogens (tertiary/aromatic N) is 4. The number of carbonyl (C=O) groups is 1. The zero-order chi connectivity index (χ0) is 21.7. The number of carboxylic acids is 1. The van der Waals surface area contributed by atoms with Gasteiger partial charge in [-0.3, -0.25) is 4.98 Å². The van der Waals surface area contributed by atoms with Crippen LogP contribution in [0.25, 0.3) is 11.3 Å². The fraction of sp³-hybridized carbons (Fsp3) is 0.364. The van der Waals surface area contributed by atoms with E-state index in [2.05, 4.69) is 15.1 Å². The van der Waals surface area contributed by atoms with E-state index in [1.807, 2.05) is 6.92 Å². The van der Waals surface area contributed by atoms with Crippen molar-refractivity contribution in [1.82, 2.24) is 19.7 Å². The molecule has 6 nitrogen and oxygen atoms in total. The van der Waals surface area contributed by atoms with Gasteiger partial charge in [0.05, 0.1) is 17.8 Å². The molecular formula is C22H24F2N4O2. The molecule has 2 aromatic heterocycles. The van der Waals surface area contributed by atoms with Gasteiger partial charge < -0.3 is 5.11 Å². The first-order chi connectivity index (χ1) is 14.4. The van der Waals surface area contributed by atoms with Crippen molar-refractivity contribution >= 4 is 5.97 Å². The van der Waals surface area contributed by atoms with Gasteiger partial charge in [-0.2, -0.15) is 8.78 Å². The van der Waals surface area contributed by atoms with Crippen LogP contribution >= 0.6 is 0 Å². The molecule has 0 spiro atoms. The van der Waals surface area contributed by atoms with Crippen LogP contribution in [0.1, 0.15) is 60.7 Å². The second-order valence-electron chi connectivity index (χ2n) is 7.12. The Labute approximate surface area is 173 Å². The molecule has 0 fully saturated rings. The fourth-order valence-corrected chi connectivity index (χ4v) is 3.23. The summed E-state index contributed by atoms with van der Waals surface area (Å²) < 4.78 is 30.1. The lowest BCUT2D eigenvalue weighted by Crippen LogP contribution is -2.16. The maximum Gasteiger partial charge on any atom is 0.336 e. The molecule has 0 aliphatic carbocycles. The van der Waals surface area contributed by atoms with Gasteiger partial charge in [-0.15, -0.1) is 5.10 Å². The van der Waals surface area contributed by atoms with Crippen LogP contribution in [0.3, 0.4) is 0 Å². The Morgan fingerprint density at radius 3 is 2.53 bits per heavy atom. The lowest BCUT2D eigenvalue weighted by atomic mass is 10.0. The molecule has 1 N–H and O–H groups in total. The van der Waals surface area contributed by atoms with Crippen molar-refractivity contribution in [3.8, 4) is 11.3 Å². The summed E-state index contributed by atoms with van der Waals surface area (Å²) in [5.41, 5.74) is 1.98. The smallest absolute Gasteiger partial charge is 0.336 e. The SMILES string of the molecule is CCCc1nc(C(F)(F)CCC)nn1Cc1ccc(-c2ccccc2C(=O)O)nc1. The molecule has 8 heteroatoms. The zero-order valence-electron chi connectivity index (χ0n) is 17.0. The van der Waals surface area contributed by atoms with Gasteiger partial charge in [-0.25, -0.2) is 14.5 Å². The summed E-state index contributed by atoms with van der Waals surface area (Å²) in [6.07, 6.45) is 2.97. The Morgan fingerprint density at radius 1 is 1.13 bits per heavy atom. The number of aromatic carboxylic acids is 1. The molecule has 1 aromatic carbocycles. The lowest BCUT2D eigenvalue weighted by Gasteiger charge is -2.10. The predicted molar refractivity (Wildman–Crippen MR) is 109 cm³/mol. The highest BCUT2D eigenvalue weighted by Gasteiger charge is 2.36. The Morgan fingerprint density at radius 2 is 1.90 bits per heavy atom. The average Bonchev–Trinajstić information content (AvgIpc) is 3.12. The van der Waals surface area contributed by atoms with Gasteiger partial charge in [-0.1, -0.05) is 38.1 Å². The van der Waals surface area contributed by atoms with Crippen LogP contribution in [-0.2, 0) is 18.9 Å². The average molecular weight is 414 g/mol. The summed E-state index contributed by atoms with van der Waals surface area (Å²) in [4.78, 5) is 19.9. The van der Waals surface area contributed by atoms with Gasteiger partial charge in [0, 0.05) is 24.6 Å². The largest absolute Gasteiger partial charge is 0.478 e. The number of carboxylic acid groups (broad SMARTS) is 1. The summed E-state index contributed by atoms with van der Waals surface area (Å²) >= 11 is 0. The molecule has 0 aliphatic rings. The highest BCUT2D eigenvalue weighted by molar-refractivity contribution is 5.95. The van der Waals surface area contributed by atoms with Crippen molar-refractivity contribution in [1.29, 1.82) is 0 Å². The molecule has 2 heterocycles. The van der Waals surface area contributed by atoms with Crippen LogP contribution in [0.5, 0.6) is 0 Å². The monoisotopic (exact) mass is 414 g/mol. The maximum absolute atomic E-state index is 14.3. The van der Waals surface area contributed by atoms with Crippen LogP contribution < -0.4 is 0 Å². The molecule has 0 bridgehead atoms. The van der Waals surface area contributed by atoms with E-state index in [0.717, 1.165) is 12.0 Å². The molecule has 0 unspecified atom stereocenters. The highest BCUT2D eigenvalue weighted by atomic mass is 19.3. The first-order valence-electron chi connectivity index (χ1n) is 9.95. The van der Waals surface area contributed by atoms with Crippen LogP contribution in [-0.4, -0.2) is 30.8 Å². The molecule has 0 amide bonds. The molecule has 0 saturated carbocycles. The third kappa shape index (κ3) is 4.69. The van der Waals surface area contributed by atoms with Gasteiger partial charge in [-0.05, 0) is 30.5 Å². The van der Waals surface area contributed by atoms with Gasteiger partial charge in [0.15, 0.2) is 0 Å². The molecule has 3 rings (SSSR count). The third-order valence-corrected chi connectivity index (χ3v) is 4.70. The number of benzene rings is 1. The molecule has 0 saturated heterocycles. The minimum atomic E-state index is -3.05. The van der Waals surface area contributed by atoms with E-state index >= 15 is 0 Å². The zero-order valence-corrected chi connectivity index (χ0v) is 17.0. The number of hydrogen-bond donors (Lipinski definition) is 1. The van der Waals surface area contributed by atoms with E-state index in [-0.39, 0.29) is 18.5 Å². The minimum Gasteiger partial charge on any atom is -0.478 e. The standard InChI is InChI=1S/C22H24F2N4O2/c1-3-7-19-26-21(22(23,24)12-4-2)27-28(19)14-15-10-11-18(25-13-15)16-8-5-6-9-17(16)20(29)30/h5-6,8-11,13H,3-4,7,12,14H2,1-2H3,(H,29,30). The number of alkyl halides is 2. The summed E-state index contributed by atoms with van der Waals surface area (Å²) in [5, 5.41) is 13.4. The number of aromatic nitrogens is 4. The highest BCUT2D eigenvalue weighted by Crippen LogP contribution is 2.31. The molecule has 0 radical (unpaired) electrons. The molecule has 30 heavy (non-hydrogen) atoms. The summed E-state index contributed by atoms with van der Waals surface area (Å²) in [6, 6.07) is 10.2. The van der Waals surface area contributed by atoms with E-state index in [0.29, 0.717) is 29.9 Å². The Balaban J connectivity index is 1.87. The Hall–Kier alpha value is -3.16. The van der Waals surface area contributed by atoms with Crippen LogP contribution in [0.2, 0.25) is 0 Å². The van der Waals surface area contributed by atoms with Gasteiger partial charge in [0.25, 0.3) is 0 Å². The van der Waals surface area contributed by atoms with Crippen molar-refractivity contribution in [3.05, 3.63) is 65.4 Å². The van der Waals surface area contributed by atoms with Crippen molar-refractivity contribution in [3.63, 3.8) is 0 Å². The van der Waals surface area contributed by atoms with Crippen LogP contribution in [0.15, 0.2) is 42.6 Å². The molecule has 158 valence electrons. The molecular weight excluding hydrogens is 390 g/mol. The number of rotatable bonds is 9. The van der Waals surface area contributed by atoms with Crippen LogP contribution in [0, 0.1) is 0 Å². The lowest BCUT2D eigenvalue weighted by molar-refractivity contribution is -0.0232. The number of hydrogen-bond acceptors (Lipinski definition) is 4. The van der Waals surface area contributed by atoms with Crippen LogP contribution in [0.4, 0.5) is 8.78 Å².